The van der Waals surface area contributed by atoms with E-state index >= 15 is 4.39 Å². The minimum Gasteiger partial charge on any atom is -0.508 e. The van der Waals surface area contributed by atoms with Crippen molar-refractivity contribution in [2.75, 3.05) is 44.8 Å². The minimum atomic E-state index is -0.764. The van der Waals surface area contributed by atoms with Gasteiger partial charge in [0.25, 0.3) is 0 Å². The summed E-state index contributed by atoms with van der Waals surface area (Å²) in [6.45, 7) is 7.08. The Kier molecular flexibility index (Phi) is 9.32. The van der Waals surface area contributed by atoms with Gasteiger partial charge in [0, 0.05) is 40.6 Å². The Morgan fingerprint density at radius 1 is 1.07 bits per heavy atom. The predicted molar refractivity (Wildman–Crippen MR) is 210 cm³/mol. The number of amides is 1. The standard InChI is InChI=1S/C43H49FN6O6/c1-5-27-10-6-11-28-20-30(51)21-31(33(27)28)36-35(44)37-34(39(46-36)53-4)38(49-16-9-15-43(23-49)22-45-41(52)56-43)48-40(47-37)54-24-42-13-7-12-32(42)50(17-8-14-42)29-18-25(2)55-26(3)19-29/h1,6,10-11,20-21,25-26,29,32,51H,7-9,12-19,22-24H2,2-4H3,(H,45,52). The van der Waals surface area contributed by atoms with Crippen LogP contribution in [0.25, 0.3) is 32.9 Å². The molecule has 5 aliphatic rings. The number of phenolic OH excluding ortho intramolecular Hbond substituents is 1. The summed E-state index contributed by atoms with van der Waals surface area (Å²) in [7, 11) is 1.47. The van der Waals surface area contributed by atoms with Crippen molar-refractivity contribution in [3.05, 3.63) is 41.7 Å². The highest BCUT2D eigenvalue weighted by Gasteiger charge is 2.51. The summed E-state index contributed by atoms with van der Waals surface area (Å²) in [5, 5.41) is 15.1. The number of benzene rings is 2. The van der Waals surface area contributed by atoms with Crippen LogP contribution in [-0.2, 0) is 9.47 Å². The molecule has 13 heteroatoms. The van der Waals surface area contributed by atoms with Crippen LogP contribution >= 0.6 is 0 Å². The van der Waals surface area contributed by atoms with Gasteiger partial charge in [-0.3, -0.25) is 4.90 Å². The molecule has 4 aliphatic heterocycles. The van der Waals surface area contributed by atoms with Gasteiger partial charge in [0.1, 0.15) is 33.8 Å². The number of methoxy groups -OCH3 is 1. The monoisotopic (exact) mass is 764 g/mol. The Labute approximate surface area is 326 Å². The van der Waals surface area contributed by atoms with Crippen molar-refractivity contribution in [2.45, 2.75) is 102 Å². The summed E-state index contributed by atoms with van der Waals surface area (Å²) in [5.74, 6) is 2.40. The number of aromatic nitrogens is 3. The Morgan fingerprint density at radius 2 is 1.88 bits per heavy atom. The third-order valence-corrected chi connectivity index (χ3v) is 13.0. The first-order valence-electron chi connectivity index (χ1n) is 20.0. The summed E-state index contributed by atoms with van der Waals surface area (Å²) < 4.78 is 42.0. The van der Waals surface area contributed by atoms with E-state index in [2.05, 4.69) is 30.0 Å². The highest BCUT2D eigenvalue weighted by atomic mass is 19.1. The van der Waals surface area contributed by atoms with E-state index in [9.17, 15) is 9.90 Å². The van der Waals surface area contributed by atoms with Gasteiger partial charge in [0.2, 0.25) is 5.88 Å². The molecule has 4 saturated heterocycles. The van der Waals surface area contributed by atoms with Crippen molar-refractivity contribution in [3.63, 3.8) is 0 Å². The topological polar surface area (TPSA) is 131 Å². The molecule has 1 spiro atoms. The number of anilines is 1. The van der Waals surface area contributed by atoms with Gasteiger partial charge < -0.3 is 34.3 Å². The van der Waals surface area contributed by atoms with E-state index in [1.807, 2.05) is 11.0 Å². The zero-order valence-corrected chi connectivity index (χ0v) is 32.3. The number of halogens is 1. The van der Waals surface area contributed by atoms with Crippen LogP contribution < -0.4 is 19.7 Å². The summed E-state index contributed by atoms with van der Waals surface area (Å²) in [4.78, 5) is 31.6. The number of likely N-dealkylation sites (tertiary alicyclic amines) is 1. The number of terminal acetylenes is 1. The van der Waals surface area contributed by atoms with Crippen molar-refractivity contribution in [3.8, 4) is 41.2 Å². The summed E-state index contributed by atoms with van der Waals surface area (Å²) >= 11 is 0. The third kappa shape index (κ3) is 6.31. The highest BCUT2D eigenvalue weighted by Crippen LogP contribution is 2.50. The maximum atomic E-state index is 17.5. The minimum absolute atomic E-state index is 0.0291. The number of carbonyl (C=O) groups excluding carboxylic acids is 1. The fourth-order valence-corrected chi connectivity index (χ4v) is 10.7. The van der Waals surface area contributed by atoms with Crippen molar-refractivity contribution in [2.24, 2.45) is 5.41 Å². The normalized spacial score (nSPS) is 29.3. The molecule has 5 unspecified atom stereocenters. The predicted octanol–water partition coefficient (Wildman–Crippen LogP) is 6.73. The lowest BCUT2D eigenvalue weighted by molar-refractivity contribution is -0.0967. The van der Waals surface area contributed by atoms with Gasteiger partial charge in [0.15, 0.2) is 5.82 Å². The van der Waals surface area contributed by atoms with Crippen LogP contribution in [0.5, 0.6) is 17.6 Å². The first-order chi connectivity index (χ1) is 27.1. The van der Waals surface area contributed by atoms with Crippen LogP contribution in [0.4, 0.5) is 15.0 Å². The molecule has 1 saturated carbocycles. The van der Waals surface area contributed by atoms with Gasteiger partial charge in [-0.1, -0.05) is 24.5 Å². The number of phenols is 1. The maximum Gasteiger partial charge on any atom is 0.407 e. The zero-order valence-electron chi connectivity index (χ0n) is 32.3. The Morgan fingerprint density at radius 3 is 2.64 bits per heavy atom. The highest BCUT2D eigenvalue weighted by molar-refractivity contribution is 6.04. The Balaban J connectivity index is 1.15. The molecule has 1 amide bonds. The Bertz CT molecular complexity index is 2240. The fourth-order valence-electron chi connectivity index (χ4n) is 10.7. The van der Waals surface area contributed by atoms with Crippen LogP contribution in [0.3, 0.4) is 0 Å². The number of fused-ring (bicyclic) bond motifs is 3. The van der Waals surface area contributed by atoms with E-state index in [0.29, 0.717) is 78.9 Å². The number of nitrogens with one attached hydrogen (secondary N) is 1. The van der Waals surface area contributed by atoms with E-state index in [0.717, 1.165) is 51.5 Å². The second kappa shape index (κ2) is 14.2. The molecule has 6 heterocycles. The number of hydrogen-bond donors (Lipinski definition) is 2. The fraction of sp³-hybridized carbons (Fsp3) is 0.535. The van der Waals surface area contributed by atoms with Crippen molar-refractivity contribution in [1.82, 2.24) is 25.2 Å². The SMILES string of the molecule is C#Cc1cccc2cc(O)cc(-c3nc(OC)c4c(N5CCCC6(CNC(=O)O6)C5)nc(OCC56CCCC5N(C5CC(C)OC(C)C5)CCC6)nc4c3F)c12. The lowest BCUT2D eigenvalue weighted by atomic mass is 9.74. The Hall–Kier alpha value is -4.93. The van der Waals surface area contributed by atoms with Crippen LogP contribution in [0.15, 0.2) is 30.3 Å². The molecule has 9 rings (SSSR count). The van der Waals surface area contributed by atoms with E-state index in [1.54, 1.807) is 18.2 Å². The molecule has 12 nitrogen and oxygen atoms in total. The summed E-state index contributed by atoms with van der Waals surface area (Å²) in [6, 6.07) is 9.30. The summed E-state index contributed by atoms with van der Waals surface area (Å²) in [5.41, 5.74) is -0.124. The van der Waals surface area contributed by atoms with Crippen LogP contribution in [0, 0.1) is 23.6 Å². The number of ether oxygens (including phenoxy) is 4. The summed E-state index contributed by atoms with van der Waals surface area (Å²) in [6.07, 6.45) is 14.7. The van der Waals surface area contributed by atoms with Crippen molar-refractivity contribution < 1.29 is 33.2 Å². The molecule has 0 radical (unpaired) electrons. The van der Waals surface area contributed by atoms with E-state index in [4.69, 9.17) is 40.3 Å². The third-order valence-electron chi connectivity index (χ3n) is 13.0. The number of hydrogen-bond acceptors (Lipinski definition) is 11. The number of pyridine rings is 1. The lowest BCUT2D eigenvalue weighted by Crippen LogP contribution is -2.57. The van der Waals surface area contributed by atoms with E-state index in [1.165, 1.54) is 13.2 Å². The molecule has 4 aromatic rings. The molecule has 294 valence electrons. The van der Waals surface area contributed by atoms with Crippen molar-refractivity contribution >= 4 is 33.6 Å². The quantitative estimate of drug-likeness (QED) is 0.194. The van der Waals surface area contributed by atoms with Gasteiger partial charge >= 0.3 is 12.1 Å². The van der Waals surface area contributed by atoms with Crippen LogP contribution in [0.1, 0.15) is 77.2 Å². The molecular weight excluding hydrogens is 716 g/mol. The van der Waals surface area contributed by atoms with Gasteiger partial charge in [0.05, 0.1) is 39.0 Å². The second-order valence-electron chi connectivity index (χ2n) is 16.6. The molecule has 2 aromatic heterocycles. The van der Waals surface area contributed by atoms with E-state index in [-0.39, 0.29) is 51.9 Å². The average molecular weight is 765 g/mol. The number of alkyl carbamates (subject to hydrolysis) is 1. The van der Waals surface area contributed by atoms with E-state index < -0.39 is 17.5 Å². The molecule has 0 bridgehead atoms. The van der Waals surface area contributed by atoms with Gasteiger partial charge in [-0.15, -0.1) is 6.42 Å². The first kappa shape index (κ1) is 36.7. The van der Waals surface area contributed by atoms with Gasteiger partial charge in [-0.25, -0.2) is 14.2 Å². The molecular formula is C43H49FN6O6. The average Bonchev–Trinajstić information content (AvgIpc) is 3.79. The first-order valence-corrected chi connectivity index (χ1v) is 20.0. The van der Waals surface area contributed by atoms with Gasteiger partial charge in [-0.2, -0.15) is 9.97 Å². The molecule has 2 aromatic carbocycles. The molecule has 5 atom stereocenters. The van der Waals surface area contributed by atoms with Crippen LogP contribution in [0.2, 0.25) is 0 Å². The maximum absolute atomic E-state index is 17.5. The molecule has 56 heavy (non-hydrogen) atoms. The lowest BCUT2D eigenvalue weighted by Gasteiger charge is -2.51. The number of piperidine rings is 2. The van der Waals surface area contributed by atoms with Gasteiger partial charge in [-0.05, 0) is 95.3 Å². The number of rotatable bonds is 7. The number of aromatic hydroxyl groups is 1. The number of nitrogens with zero attached hydrogens (tertiary/aromatic N) is 5. The largest absolute Gasteiger partial charge is 0.508 e. The van der Waals surface area contributed by atoms with Crippen molar-refractivity contribution in [1.29, 1.82) is 0 Å². The molecule has 5 fully saturated rings. The molecule has 1 aliphatic carbocycles. The zero-order chi connectivity index (χ0) is 38.8. The number of carbonyl (C=O) groups is 1. The second-order valence-corrected chi connectivity index (χ2v) is 16.6. The smallest absolute Gasteiger partial charge is 0.407 e. The van der Waals surface area contributed by atoms with Crippen LogP contribution in [-0.4, -0.2) is 101 Å². The molecule has 2 N–H and O–H groups in total.